The van der Waals surface area contributed by atoms with Crippen LogP contribution in [0.15, 0.2) is 36.8 Å². The van der Waals surface area contributed by atoms with Crippen molar-refractivity contribution in [3.05, 3.63) is 70.6 Å². The van der Waals surface area contributed by atoms with Crippen molar-refractivity contribution in [2.75, 3.05) is 39.1 Å². The van der Waals surface area contributed by atoms with Crippen LogP contribution >= 0.6 is 0 Å². The molecule has 3 aromatic rings. The maximum absolute atomic E-state index is 14.2. The molecule has 2 aromatic heterocycles. The monoisotopic (exact) mass is 588 g/mol. The largest absolute Gasteiger partial charge is 0.491 e. The molecule has 1 saturated carbocycles. The Hall–Kier alpha value is -3.67. The van der Waals surface area contributed by atoms with Crippen LogP contribution in [0.5, 0.6) is 5.75 Å². The van der Waals surface area contributed by atoms with Crippen LogP contribution in [0.25, 0.3) is 0 Å². The highest BCUT2D eigenvalue weighted by Gasteiger charge is 2.53. The number of hydrogen-bond donors (Lipinski definition) is 1. The Balaban J connectivity index is 1.53. The number of carbonyl (C=O) groups excluding carboxylic acids is 1. The Morgan fingerprint density at radius 2 is 1.98 bits per heavy atom. The summed E-state index contributed by atoms with van der Waals surface area (Å²) >= 11 is 0. The van der Waals surface area contributed by atoms with E-state index in [1.165, 1.54) is 0 Å². The van der Waals surface area contributed by atoms with Gasteiger partial charge in [-0.3, -0.25) is 9.78 Å². The van der Waals surface area contributed by atoms with Gasteiger partial charge >= 0.3 is 6.18 Å². The van der Waals surface area contributed by atoms with Gasteiger partial charge in [0.05, 0.1) is 37.5 Å². The van der Waals surface area contributed by atoms with Gasteiger partial charge in [0.2, 0.25) is 5.95 Å². The average molecular weight is 589 g/mol. The number of ether oxygens (including phenoxy) is 1. The third-order valence-electron chi connectivity index (χ3n) is 8.17. The summed E-state index contributed by atoms with van der Waals surface area (Å²) in [7, 11) is 3.45. The molecule has 0 saturated heterocycles. The maximum atomic E-state index is 14.2. The number of halogens is 4. The molecule has 1 amide bonds. The van der Waals surface area contributed by atoms with Crippen molar-refractivity contribution in [2.45, 2.75) is 63.8 Å². The molecule has 1 atom stereocenters. The second-order valence-electron chi connectivity index (χ2n) is 11.3. The molecular weight excluding hydrogens is 552 g/mol. The summed E-state index contributed by atoms with van der Waals surface area (Å²) < 4.78 is 60.5. The highest BCUT2D eigenvalue weighted by atomic mass is 19.4. The molecule has 226 valence electrons. The molecule has 12 heteroatoms. The molecule has 1 spiro atoms. The Kier molecular flexibility index (Phi) is 8.19. The first kappa shape index (κ1) is 29.8. The SMILES string of the molecule is CCOc1cc(C(C)N2CC3(CC3)c3c(CN(C)CCC(F)(F)F)cc(Cn4ccnc4NC)cc3C2=O)ncc1F. The predicted molar refractivity (Wildman–Crippen MR) is 150 cm³/mol. The van der Waals surface area contributed by atoms with Crippen molar-refractivity contribution in [1.29, 1.82) is 0 Å². The lowest BCUT2D eigenvalue weighted by atomic mass is 9.81. The lowest BCUT2D eigenvalue weighted by Gasteiger charge is -2.40. The van der Waals surface area contributed by atoms with Gasteiger partial charge in [0.25, 0.3) is 5.91 Å². The molecule has 1 aliphatic heterocycles. The van der Waals surface area contributed by atoms with Crippen molar-refractivity contribution in [1.82, 2.24) is 24.3 Å². The number of imidazole rings is 1. The maximum Gasteiger partial charge on any atom is 0.390 e. The summed E-state index contributed by atoms with van der Waals surface area (Å²) in [4.78, 5) is 26.2. The fourth-order valence-corrected chi connectivity index (χ4v) is 5.92. The number of nitrogens with one attached hydrogen (secondary N) is 1. The lowest BCUT2D eigenvalue weighted by molar-refractivity contribution is -0.137. The third-order valence-corrected chi connectivity index (χ3v) is 8.17. The van der Waals surface area contributed by atoms with Crippen LogP contribution in [0.2, 0.25) is 0 Å². The van der Waals surface area contributed by atoms with E-state index in [1.54, 1.807) is 43.1 Å². The highest BCUT2D eigenvalue weighted by Crippen LogP contribution is 2.55. The molecule has 8 nitrogen and oxygen atoms in total. The number of nitrogens with zero attached hydrogens (tertiary/aromatic N) is 5. The van der Waals surface area contributed by atoms with Gasteiger partial charge in [0.15, 0.2) is 11.6 Å². The van der Waals surface area contributed by atoms with E-state index in [4.69, 9.17) is 4.74 Å². The Bertz CT molecular complexity index is 1450. The van der Waals surface area contributed by atoms with Crippen LogP contribution in [0.4, 0.5) is 23.5 Å². The molecule has 1 N–H and O–H groups in total. The van der Waals surface area contributed by atoms with Gasteiger partial charge in [-0.25, -0.2) is 9.37 Å². The first-order valence-electron chi connectivity index (χ1n) is 14.1. The van der Waals surface area contributed by atoms with Gasteiger partial charge in [-0.1, -0.05) is 6.07 Å². The van der Waals surface area contributed by atoms with Gasteiger partial charge in [-0.15, -0.1) is 0 Å². The molecule has 2 aliphatic rings. The van der Waals surface area contributed by atoms with Crippen LogP contribution in [0.1, 0.15) is 71.9 Å². The van der Waals surface area contributed by atoms with E-state index in [-0.39, 0.29) is 30.2 Å². The van der Waals surface area contributed by atoms with E-state index in [9.17, 15) is 22.4 Å². The number of aromatic nitrogens is 3. The first-order valence-corrected chi connectivity index (χ1v) is 14.1. The summed E-state index contributed by atoms with van der Waals surface area (Å²) in [5.41, 5.74) is 3.44. The number of amides is 1. The standard InChI is InChI=1S/C30H36F4N6O2/c1-5-42-25-14-24(37-15-23(25)31)19(2)40-18-29(6-7-29)26-21(17-38(4)10-8-30(32,33)34)12-20(13-22(26)27(40)41)16-39-11-9-36-28(39)35-3/h9,11-15,19H,5-8,10,16-18H2,1-4H3,(H,35,36). The minimum atomic E-state index is -4.25. The first-order chi connectivity index (χ1) is 19.9. The van der Waals surface area contributed by atoms with Crippen molar-refractivity contribution >= 4 is 11.9 Å². The van der Waals surface area contributed by atoms with Gasteiger partial charge in [0, 0.05) is 56.1 Å². The van der Waals surface area contributed by atoms with E-state index in [0.717, 1.165) is 35.7 Å². The Morgan fingerprint density at radius 1 is 1.21 bits per heavy atom. The topological polar surface area (TPSA) is 75.5 Å². The fraction of sp³-hybridized carbons (Fsp3) is 0.500. The zero-order chi connectivity index (χ0) is 30.2. The van der Waals surface area contributed by atoms with E-state index in [0.29, 0.717) is 36.9 Å². The summed E-state index contributed by atoms with van der Waals surface area (Å²) in [6.45, 7) is 4.96. The van der Waals surface area contributed by atoms with Crippen LogP contribution < -0.4 is 10.1 Å². The zero-order valence-corrected chi connectivity index (χ0v) is 24.3. The van der Waals surface area contributed by atoms with Crippen LogP contribution in [-0.2, 0) is 18.5 Å². The number of benzene rings is 1. The number of rotatable bonds is 11. The van der Waals surface area contributed by atoms with Crippen molar-refractivity contribution < 1.29 is 27.1 Å². The summed E-state index contributed by atoms with van der Waals surface area (Å²) in [6, 6.07) is 5.01. The number of carbonyl (C=O) groups is 1. The number of fused-ring (bicyclic) bond motifs is 2. The van der Waals surface area contributed by atoms with Crippen LogP contribution in [0, 0.1) is 5.82 Å². The van der Waals surface area contributed by atoms with E-state index in [1.807, 2.05) is 29.8 Å². The minimum Gasteiger partial charge on any atom is -0.491 e. The molecule has 1 aliphatic carbocycles. The van der Waals surface area contributed by atoms with Crippen LogP contribution in [0.3, 0.4) is 0 Å². The van der Waals surface area contributed by atoms with E-state index >= 15 is 0 Å². The molecular formula is C30H36F4N6O2. The number of anilines is 1. The summed E-state index contributed by atoms with van der Waals surface area (Å²) in [5.74, 6) is 0.00235. The fourth-order valence-electron chi connectivity index (χ4n) is 5.92. The van der Waals surface area contributed by atoms with E-state index in [2.05, 4.69) is 15.3 Å². The van der Waals surface area contributed by atoms with E-state index < -0.39 is 24.5 Å². The average Bonchev–Trinajstić information content (AvgIpc) is 3.57. The zero-order valence-electron chi connectivity index (χ0n) is 24.3. The van der Waals surface area contributed by atoms with Gasteiger partial charge in [-0.2, -0.15) is 13.2 Å². The van der Waals surface area contributed by atoms with Gasteiger partial charge < -0.3 is 24.4 Å². The Morgan fingerprint density at radius 3 is 2.64 bits per heavy atom. The molecule has 1 unspecified atom stereocenters. The normalized spacial score (nSPS) is 16.6. The second kappa shape index (κ2) is 11.5. The van der Waals surface area contributed by atoms with Crippen molar-refractivity contribution in [2.24, 2.45) is 0 Å². The van der Waals surface area contributed by atoms with Crippen LogP contribution in [-0.4, -0.2) is 70.2 Å². The third kappa shape index (κ3) is 6.08. The predicted octanol–water partition coefficient (Wildman–Crippen LogP) is 5.54. The summed E-state index contributed by atoms with van der Waals surface area (Å²) in [6.07, 6.45) is 1.19. The number of hydrogen-bond acceptors (Lipinski definition) is 6. The lowest BCUT2D eigenvalue weighted by Crippen LogP contribution is -2.45. The molecule has 1 aromatic carbocycles. The highest BCUT2D eigenvalue weighted by molar-refractivity contribution is 5.98. The van der Waals surface area contributed by atoms with Crippen molar-refractivity contribution in [3.8, 4) is 5.75 Å². The Labute approximate surface area is 242 Å². The van der Waals surface area contributed by atoms with Gasteiger partial charge in [0.1, 0.15) is 0 Å². The smallest absolute Gasteiger partial charge is 0.390 e. The number of pyridine rings is 1. The molecule has 0 radical (unpaired) electrons. The summed E-state index contributed by atoms with van der Waals surface area (Å²) in [5, 5.41) is 3.04. The van der Waals surface area contributed by atoms with Crippen molar-refractivity contribution in [3.63, 3.8) is 0 Å². The molecule has 5 rings (SSSR count). The minimum absolute atomic E-state index is 0.0903. The molecule has 1 fully saturated rings. The van der Waals surface area contributed by atoms with Gasteiger partial charge in [-0.05, 0) is 56.5 Å². The quantitative estimate of drug-likeness (QED) is 0.297. The molecule has 0 bridgehead atoms. The second-order valence-corrected chi connectivity index (χ2v) is 11.3. The molecule has 3 heterocycles. The molecule has 42 heavy (non-hydrogen) atoms. The number of alkyl halides is 3.